The highest BCUT2D eigenvalue weighted by molar-refractivity contribution is 5.86. The molecule has 1 fully saturated rings. The highest BCUT2D eigenvalue weighted by Gasteiger charge is 2.31. The Hall–Kier alpha value is -3.25. The Labute approximate surface area is 180 Å². The van der Waals surface area contributed by atoms with Crippen molar-refractivity contribution in [3.63, 3.8) is 0 Å². The van der Waals surface area contributed by atoms with Crippen LogP contribution in [0, 0.1) is 0 Å². The van der Waals surface area contributed by atoms with Gasteiger partial charge in [-0.15, -0.1) is 0 Å². The summed E-state index contributed by atoms with van der Waals surface area (Å²) in [5.74, 6) is 1.48. The molecule has 2 aromatic heterocycles. The van der Waals surface area contributed by atoms with Crippen molar-refractivity contribution in [1.82, 2.24) is 20.0 Å². The second-order valence-corrected chi connectivity index (χ2v) is 8.38. The molecule has 1 saturated carbocycles. The third-order valence-electron chi connectivity index (χ3n) is 6.25. The molecule has 6 nitrogen and oxygen atoms in total. The van der Waals surface area contributed by atoms with Crippen LogP contribution in [0.1, 0.15) is 55.4 Å². The number of aromatic nitrogens is 3. The monoisotopic (exact) mass is 414 g/mol. The summed E-state index contributed by atoms with van der Waals surface area (Å²) in [5.41, 5.74) is 1.26. The summed E-state index contributed by atoms with van der Waals surface area (Å²) in [6, 6.07) is 20.8. The van der Waals surface area contributed by atoms with E-state index in [1.165, 1.54) is 22.4 Å². The average molecular weight is 415 g/mol. The van der Waals surface area contributed by atoms with E-state index in [1.807, 2.05) is 6.07 Å². The molecule has 1 aliphatic rings. The summed E-state index contributed by atoms with van der Waals surface area (Å²) in [6.45, 7) is 2.56. The van der Waals surface area contributed by atoms with Crippen molar-refractivity contribution >= 4 is 10.8 Å². The fourth-order valence-corrected chi connectivity index (χ4v) is 4.67. The third kappa shape index (κ3) is 4.16. The summed E-state index contributed by atoms with van der Waals surface area (Å²) in [6.07, 6.45) is 4.81. The molecule has 1 aliphatic carbocycles. The van der Waals surface area contributed by atoms with Gasteiger partial charge in [0.2, 0.25) is 5.89 Å². The van der Waals surface area contributed by atoms with E-state index >= 15 is 0 Å². The quantitative estimate of drug-likeness (QED) is 0.506. The van der Waals surface area contributed by atoms with Crippen LogP contribution in [-0.2, 0) is 6.54 Å². The molecule has 4 aromatic rings. The van der Waals surface area contributed by atoms with E-state index in [0.29, 0.717) is 24.3 Å². The molecule has 0 spiro atoms. The van der Waals surface area contributed by atoms with Crippen LogP contribution in [0.4, 0.5) is 0 Å². The summed E-state index contributed by atoms with van der Waals surface area (Å²) >= 11 is 0. The molecule has 3 unspecified atom stereocenters. The average Bonchev–Trinajstić information content (AvgIpc) is 3.44. The predicted octanol–water partition coefficient (Wildman–Crippen LogP) is 4.42. The molecule has 2 heterocycles. The van der Waals surface area contributed by atoms with E-state index in [9.17, 15) is 4.79 Å². The van der Waals surface area contributed by atoms with Crippen LogP contribution >= 0.6 is 0 Å². The second kappa shape index (κ2) is 8.47. The molecule has 0 radical (unpaired) electrons. The minimum atomic E-state index is -0.0681. The van der Waals surface area contributed by atoms with E-state index in [2.05, 4.69) is 64.8 Å². The zero-order valence-electron chi connectivity index (χ0n) is 17.6. The van der Waals surface area contributed by atoms with Gasteiger partial charge in [-0.05, 0) is 48.6 Å². The zero-order chi connectivity index (χ0) is 21.2. The minimum Gasteiger partial charge on any atom is -0.339 e. The number of nitrogens with one attached hydrogen (secondary N) is 1. The first-order chi connectivity index (χ1) is 15.2. The summed E-state index contributed by atoms with van der Waals surface area (Å²) < 4.78 is 7.13. The van der Waals surface area contributed by atoms with E-state index in [4.69, 9.17) is 4.52 Å². The largest absolute Gasteiger partial charge is 0.339 e. The molecular weight excluding hydrogens is 388 g/mol. The lowest BCUT2D eigenvalue weighted by molar-refractivity contribution is 0.345. The topological polar surface area (TPSA) is 73.0 Å². The zero-order valence-corrected chi connectivity index (χ0v) is 17.6. The van der Waals surface area contributed by atoms with Crippen molar-refractivity contribution in [2.45, 2.75) is 50.7 Å². The van der Waals surface area contributed by atoms with Crippen LogP contribution in [0.5, 0.6) is 0 Å². The van der Waals surface area contributed by atoms with Gasteiger partial charge >= 0.3 is 0 Å². The molecule has 5 rings (SSSR count). The van der Waals surface area contributed by atoms with Crippen LogP contribution in [-0.4, -0.2) is 20.7 Å². The van der Waals surface area contributed by atoms with Crippen molar-refractivity contribution in [3.05, 3.63) is 94.5 Å². The van der Waals surface area contributed by atoms with Gasteiger partial charge in [0.05, 0.1) is 6.54 Å². The molecule has 0 bridgehead atoms. The molecule has 0 saturated heterocycles. The molecular formula is C25H26N4O2. The number of pyridine rings is 1. The van der Waals surface area contributed by atoms with Crippen molar-refractivity contribution < 1.29 is 4.52 Å². The number of fused-ring (bicyclic) bond motifs is 1. The maximum absolute atomic E-state index is 11.9. The summed E-state index contributed by atoms with van der Waals surface area (Å²) in [4.78, 5) is 16.5. The summed E-state index contributed by atoms with van der Waals surface area (Å²) in [5, 5.41) is 10.5. The Morgan fingerprint density at radius 1 is 1.10 bits per heavy atom. The number of rotatable bonds is 6. The minimum absolute atomic E-state index is 0.0681. The second-order valence-electron chi connectivity index (χ2n) is 8.38. The van der Waals surface area contributed by atoms with Crippen molar-refractivity contribution in [2.75, 3.05) is 0 Å². The Bertz CT molecular complexity index is 1240. The molecule has 2 aromatic carbocycles. The Morgan fingerprint density at radius 3 is 2.84 bits per heavy atom. The number of hydrogen-bond acceptors (Lipinski definition) is 5. The molecule has 31 heavy (non-hydrogen) atoms. The highest BCUT2D eigenvalue weighted by atomic mass is 16.5. The maximum atomic E-state index is 11.9. The van der Waals surface area contributed by atoms with Gasteiger partial charge in [0.1, 0.15) is 0 Å². The van der Waals surface area contributed by atoms with Gasteiger partial charge in [0, 0.05) is 30.3 Å². The molecule has 0 aliphatic heterocycles. The smallest absolute Gasteiger partial charge is 0.250 e. The first-order valence-electron chi connectivity index (χ1n) is 10.9. The van der Waals surface area contributed by atoms with Crippen molar-refractivity contribution in [1.29, 1.82) is 0 Å². The van der Waals surface area contributed by atoms with E-state index in [1.54, 1.807) is 16.8 Å². The fraction of sp³-hybridized carbons (Fsp3) is 0.320. The lowest BCUT2D eigenvalue weighted by Gasteiger charge is -2.21. The lowest BCUT2D eigenvalue weighted by Crippen LogP contribution is -2.29. The van der Waals surface area contributed by atoms with Gasteiger partial charge in [-0.1, -0.05) is 53.7 Å². The van der Waals surface area contributed by atoms with Crippen LogP contribution in [0.15, 0.2) is 76.2 Å². The standard InChI is InChI=1S/C25H26N4O2/c1-17(21-10-6-8-18-7-2-3-9-22(18)21)26-20-13-12-19(15-20)25-27-23(28-31-25)16-29-14-5-4-11-24(29)30/h2-11,14,17,19-20,26H,12-13,15-16H2,1H3. The first kappa shape index (κ1) is 19.7. The van der Waals surface area contributed by atoms with Gasteiger partial charge in [-0.25, -0.2) is 0 Å². The van der Waals surface area contributed by atoms with Gasteiger partial charge in [-0.3, -0.25) is 4.79 Å². The van der Waals surface area contributed by atoms with Crippen molar-refractivity contribution in [2.24, 2.45) is 0 Å². The SMILES string of the molecule is CC(NC1CCC(c2nc(Cn3ccccc3=O)no2)C1)c1cccc2ccccc12. The van der Waals surface area contributed by atoms with Gasteiger partial charge < -0.3 is 14.4 Å². The number of benzene rings is 2. The molecule has 6 heteroatoms. The fourth-order valence-electron chi connectivity index (χ4n) is 4.67. The highest BCUT2D eigenvalue weighted by Crippen LogP contribution is 2.35. The van der Waals surface area contributed by atoms with Crippen LogP contribution in [0.3, 0.4) is 0 Å². The van der Waals surface area contributed by atoms with Crippen LogP contribution in [0.25, 0.3) is 10.8 Å². The Kier molecular flexibility index (Phi) is 5.38. The third-order valence-corrected chi connectivity index (χ3v) is 6.25. The van der Waals surface area contributed by atoms with Crippen LogP contribution < -0.4 is 10.9 Å². The van der Waals surface area contributed by atoms with E-state index in [0.717, 1.165) is 19.3 Å². The van der Waals surface area contributed by atoms with Crippen LogP contribution in [0.2, 0.25) is 0 Å². The summed E-state index contributed by atoms with van der Waals surface area (Å²) in [7, 11) is 0. The number of hydrogen-bond donors (Lipinski definition) is 1. The molecule has 0 amide bonds. The molecule has 3 atom stereocenters. The molecule has 158 valence electrons. The predicted molar refractivity (Wildman–Crippen MR) is 120 cm³/mol. The lowest BCUT2D eigenvalue weighted by atomic mass is 9.99. The first-order valence-corrected chi connectivity index (χ1v) is 10.9. The Morgan fingerprint density at radius 2 is 1.94 bits per heavy atom. The van der Waals surface area contributed by atoms with Gasteiger partial charge in [-0.2, -0.15) is 4.98 Å². The molecule has 1 N–H and O–H groups in total. The van der Waals surface area contributed by atoms with E-state index in [-0.39, 0.29) is 17.5 Å². The van der Waals surface area contributed by atoms with Crippen molar-refractivity contribution in [3.8, 4) is 0 Å². The van der Waals surface area contributed by atoms with E-state index < -0.39 is 0 Å². The number of nitrogens with zero attached hydrogens (tertiary/aromatic N) is 3. The van der Waals surface area contributed by atoms with Gasteiger partial charge in [0.15, 0.2) is 5.82 Å². The normalized spacial score (nSPS) is 19.6. The maximum Gasteiger partial charge on any atom is 0.250 e. The Balaban J connectivity index is 1.24. The van der Waals surface area contributed by atoms with Gasteiger partial charge in [0.25, 0.3) is 5.56 Å².